The van der Waals surface area contributed by atoms with Crippen LogP contribution in [0.2, 0.25) is 0 Å². The van der Waals surface area contributed by atoms with E-state index in [-0.39, 0.29) is 36.3 Å². The van der Waals surface area contributed by atoms with E-state index in [0.717, 1.165) is 12.0 Å². The van der Waals surface area contributed by atoms with E-state index in [2.05, 4.69) is 0 Å². The molecule has 0 aliphatic heterocycles. The van der Waals surface area contributed by atoms with Gasteiger partial charge in [-0.25, -0.2) is 0 Å². The number of phenols is 1. The summed E-state index contributed by atoms with van der Waals surface area (Å²) in [5.41, 5.74) is 1.01. The molecule has 0 amide bonds. The lowest BCUT2D eigenvalue weighted by atomic mass is 10.1. The Hall–Kier alpha value is -1.02. The summed E-state index contributed by atoms with van der Waals surface area (Å²) in [6, 6.07) is 7.39. The molecule has 0 bridgehead atoms. The average Bonchev–Trinajstić information content (AvgIpc) is 2.07. The lowest BCUT2D eigenvalue weighted by molar-refractivity contribution is 0.318. The third kappa shape index (κ3) is 13.0. The van der Waals surface area contributed by atoms with Crippen LogP contribution in [0.15, 0.2) is 24.3 Å². The Morgan fingerprint density at radius 2 is 1.31 bits per heavy atom. The van der Waals surface area contributed by atoms with Crippen LogP contribution in [0, 0.1) is 0 Å². The molecule has 0 unspecified atom stereocenters. The van der Waals surface area contributed by atoms with Gasteiger partial charge in [0.1, 0.15) is 5.75 Å². The van der Waals surface area contributed by atoms with Gasteiger partial charge in [0.05, 0.1) is 0 Å². The number of para-hydroxylation sites is 1. The largest absolute Gasteiger partial charge is 0.508 e. The highest BCUT2D eigenvalue weighted by Crippen LogP contribution is 2.14. The van der Waals surface area contributed by atoms with Crippen LogP contribution in [0.3, 0.4) is 0 Å². The highest BCUT2D eigenvalue weighted by Gasteiger charge is 1.92. The van der Waals surface area contributed by atoms with Gasteiger partial charge in [-0.3, -0.25) is 0 Å². The van der Waals surface area contributed by atoms with Gasteiger partial charge in [0.2, 0.25) is 0 Å². The first-order chi connectivity index (χ1) is 5.76. The second-order valence-electron chi connectivity index (χ2n) is 2.30. The molecular formula is C14H32O2. The lowest BCUT2D eigenvalue weighted by Gasteiger charge is -1.97. The molecule has 1 aromatic carbocycles. The van der Waals surface area contributed by atoms with Gasteiger partial charge >= 0.3 is 0 Å². The van der Waals surface area contributed by atoms with Crippen molar-refractivity contribution in [1.82, 2.24) is 0 Å². The molecule has 2 nitrogen and oxygen atoms in total. The SMILES string of the molecule is C.C.C.C.CCO.CCc1ccccc1O. The zero-order valence-electron chi connectivity index (χ0n) is 7.62. The molecule has 0 spiro atoms. The van der Waals surface area contributed by atoms with E-state index in [9.17, 15) is 0 Å². The first-order valence-electron chi connectivity index (χ1n) is 4.13. The van der Waals surface area contributed by atoms with E-state index in [4.69, 9.17) is 10.2 Å². The Morgan fingerprint density at radius 3 is 1.56 bits per heavy atom. The number of benzene rings is 1. The number of hydrogen-bond acceptors (Lipinski definition) is 2. The summed E-state index contributed by atoms with van der Waals surface area (Å²) in [5, 5.41) is 16.7. The van der Waals surface area contributed by atoms with E-state index < -0.39 is 0 Å². The molecule has 0 aliphatic carbocycles. The van der Waals surface area contributed by atoms with Crippen LogP contribution in [-0.4, -0.2) is 16.8 Å². The normalized spacial score (nSPS) is 6.44. The smallest absolute Gasteiger partial charge is 0.118 e. The summed E-state index contributed by atoms with van der Waals surface area (Å²) in [4.78, 5) is 0. The number of phenolic OH excluding ortho intramolecular Hbond substituents is 1. The summed E-state index contributed by atoms with van der Waals surface area (Å²) in [6.45, 7) is 3.95. The van der Waals surface area contributed by atoms with E-state index >= 15 is 0 Å². The van der Waals surface area contributed by atoms with Crippen LogP contribution in [0.1, 0.15) is 49.1 Å². The number of rotatable bonds is 1. The second-order valence-corrected chi connectivity index (χ2v) is 2.30. The molecule has 16 heavy (non-hydrogen) atoms. The minimum absolute atomic E-state index is 0. The van der Waals surface area contributed by atoms with Crippen molar-refractivity contribution >= 4 is 0 Å². The number of aliphatic hydroxyl groups is 1. The fraction of sp³-hybridized carbons (Fsp3) is 0.571. The second kappa shape index (κ2) is 19.5. The Bertz CT molecular complexity index is 210. The predicted octanol–water partition coefficient (Wildman–Crippen LogP) is 4.50. The van der Waals surface area contributed by atoms with Gasteiger partial charge in [-0.2, -0.15) is 0 Å². The van der Waals surface area contributed by atoms with Gasteiger partial charge in [-0.15, -0.1) is 0 Å². The van der Waals surface area contributed by atoms with Crippen molar-refractivity contribution in [3.8, 4) is 5.75 Å². The average molecular weight is 232 g/mol. The first-order valence-corrected chi connectivity index (χ1v) is 4.13. The summed E-state index contributed by atoms with van der Waals surface area (Å²) >= 11 is 0. The monoisotopic (exact) mass is 232 g/mol. The van der Waals surface area contributed by atoms with E-state index in [0.29, 0.717) is 5.75 Å². The number of hydrogen-bond donors (Lipinski definition) is 2. The minimum Gasteiger partial charge on any atom is -0.508 e. The van der Waals surface area contributed by atoms with Crippen LogP contribution in [0.25, 0.3) is 0 Å². The fourth-order valence-corrected chi connectivity index (χ4v) is 0.810. The van der Waals surface area contributed by atoms with Gasteiger partial charge in [-0.05, 0) is 25.0 Å². The molecule has 0 saturated heterocycles. The highest BCUT2D eigenvalue weighted by molar-refractivity contribution is 5.31. The molecule has 0 atom stereocenters. The molecule has 1 rings (SSSR count). The minimum atomic E-state index is 0. The lowest BCUT2D eigenvalue weighted by Crippen LogP contribution is -1.77. The Morgan fingerprint density at radius 1 is 0.938 bits per heavy atom. The van der Waals surface area contributed by atoms with Crippen LogP contribution < -0.4 is 0 Å². The summed E-state index contributed by atoms with van der Waals surface area (Å²) in [5.74, 6) is 0.403. The van der Waals surface area contributed by atoms with Crippen molar-refractivity contribution in [2.75, 3.05) is 6.61 Å². The van der Waals surface area contributed by atoms with Gasteiger partial charge in [0.15, 0.2) is 0 Å². The molecule has 0 aliphatic rings. The molecular weight excluding hydrogens is 200 g/mol. The van der Waals surface area contributed by atoms with Gasteiger partial charge in [0, 0.05) is 6.61 Å². The molecule has 0 saturated carbocycles. The van der Waals surface area contributed by atoms with Crippen molar-refractivity contribution in [3.63, 3.8) is 0 Å². The molecule has 0 radical (unpaired) electrons. The van der Waals surface area contributed by atoms with Gasteiger partial charge < -0.3 is 10.2 Å². The van der Waals surface area contributed by atoms with E-state index in [1.54, 1.807) is 13.0 Å². The fourth-order valence-electron chi connectivity index (χ4n) is 0.810. The number of aliphatic hydroxyl groups excluding tert-OH is 1. The van der Waals surface area contributed by atoms with Gasteiger partial charge in [-0.1, -0.05) is 54.8 Å². The quantitative estimate of drug-likeness (QED) is 0.748. The molecule has 100 valence electrons. The summed E-state index contributed by atoms with van der Waals surface area (Å²) in [7, 11) is 0. The standard InChI is InChI=1S/C8H10O.C2H6O.4CH4/c1-2-7-5-3-4-6-8(7)9;1-2-3;;;;/h3-6,9H,2H2,1H3;3H,2H2,1H3;4*1H4. The molecule has 2 heteroatoms. The maximum absolute atomic E-state index is 9.11. The van der Waals surface area contributed by atoms with Crippen molar-refractivity contribution in [2.24, 2.45) is 0 Å². The highest BCUT2D eigenvalue weighted by atomic mass is 16.3. The van der Waals surface area contributed by atoms with Crippen LogP contribution in [0.4, 0.5) is 0 Å². The summed E-state index contributed by atoms with van der Waals surface area (Å²) < 4.78 is 0. The number of aromatic hydroxyl groups is 1. The van der Waals surface area contributed by atoms with Crippen molar-refractivity contribution < 1.29 is 10.2 Å². The van der Waals surface area contributed by atoms with E-state index in [1.165, 1.54) is 0 Å². The van der Waals surface area contributed by atoms with Crippen molar-refractivity contribution in [1.29, 1.82) is 0 Å². The van der Waals surface area contributed by atoms with Gasteiger partial charge in [0.25, 0.3) is 0 Å². The topological polar surface area (TPSA) is 40.5 Å². The zero-order chi connectivity index (χ0) is 9.40. The predicted molar refractivity (Wildman–Crippen MR) is 77.2 cm³/mol. The number of aryl methyl sites for hydroxylation is 1. The molecule has 0 heterocycles. The third-order valence-corrected chi connectivity index (χ3v) is 1.37. The van der Waals surface area contributed by atoms with E-state index in [1.807, 2.05) is 25.1 Å². The third-order valence-electron chi connectivity index (χ3n) is 1.37. The van der Waals surface area contributed by atoms with Crippen molar-refractivity contribution in [2.45, 2.75) is 50.0 Å². The first kappa shape index (κ1) is 29.4. The molecule has 0 fully saturated rings. The maximum Gasteiger partial charge on any atom is 0.118 e. The van der Waals surface area contributed by atoms with Crippen LogP contribution in [0.5, 0.6) is 5.75 Å². The maximum atomic E-state index is 9.11. The Kier molecular flexibility index (Phi) is 35.9. The molecule has 0 aromatic heterocycles. The van der Waals surface area contributed by atoms with Crippen LogP contribution in [-0.2, 0) is 6.42 Å². The molecule has 1 aromatic rings. The zero-order valence-corrected chi connectivity index (χ0v) is 7.62. The Balaban J connectivity index is -0.0000000528. The van der Waals surface area contributed by atoms with Crippen molar-refractivity contribution in [3.05, 3.63) is 29.8 Å². The molecule has 2 N–H and O–H groups in total. The summed E-state index contributed by atoms with van der Waals surface area (Å²) in [6.07, 6.45) is 0.896. The van der Waals surface area contributed by atoms with Crippen LogP contribution >= 0.6 is 0 Å². The Labute approximate surface area is 103 Å².